The van der Waals surface area contributed by atoms with E-state index in [0.29, 0.717) is 24.6 Å². The van der Waals surface area contributed by atoms with Gasteiger partial charge in [0.1, 0.15) is 12.4 Å². The highest BCUT2D eigenvalue weighted by Crippen LogP contribution is 2.13. The number of likely N-dealkylation sites (N-methyl/N-ethyl adjacent to an activating group) is 1. The minimum atomic E-state index is -0.0528. The van der Waals surface area contributed by atoms with Crippen molar-refractivity contribution in [3.8, 4) is 5.75 Å². The molecule has 1 saturated heterocycles. The van der Waals surface area contributed by atoms with Gasteiger partial charge in [0.15, 0.2) is 0 Å². The molecule has 1 fully saturated rings. The second-order valence-corrected chi connectivity index (χ2v) is 4.48. The van der Waals surface area contributed by atoms with E-state index in [2.05, 4.69) is 0 Å². The smallest absolute Gasteiger partial charge is 0.242 e. The Morgan fingerprint density at radius 3 is 2.53 bits per heavy atom. The Labute approximate surface area is 111 Å². The van der Waals surface area contributed by atoms with E-state index in [-0.39, 0.29) is 24.9 Å². The lowest BCUT2D eigenvalue weighted by atomic mass is 10.3. The van der Waals surface area contributed by atoms with Crippen LogP contribution in [0.1, 0.15) is 0 Å². The van der Waals surface area contributed by atoms with Crippen LogP contribution in [0.2, 0.25) is 0 Å². The summed E-state index contributed by atoms with van der Waals surface area (Å²) >= 11 is 0. The summed E-state index contributed by atoms with van der Waals surface area (Å²) in [5.41, 5.74) is 6.24. The molecule has 2 rings (SSSR count). The van der Waals surface area contributed by atoms with Crippen molar-refractivity contribution in [2.45, 2.75) is 0 Å². The number of ether oxygens (including phenoxy) is 1. The zero-order valence-corrected chi connectivity index (χ0v) is 10.8. The maximum absolute atomic E-state index is 11.7. The fraction of sp³-hybridized carbons (Fsp3) is 0.385. The number of anilines is 1. The minimum Gasteiger partial charge on any atom is -0.492 e. The fourth-order valence-electron chi connectivity index (χ4n) is 1.80. The summed E-state index contributed by atoms with van der Waals surface area (Å²) in [6.45, 7) is 1.02. The molecule has 0 unspecified atom stereocenters. The predicted octanol–water partition coefficient (Wildman–Crippen LogP) is -0.0518. The number of hydrogen-bond donors (Lipinski definition) is 1. The summed E-state index contributed by atoms with van der Waals surface area (Å²) in [4.78, 5) is 26.1. The first-order valence-electron chi connectivity index (χ1n) is 6.06. The number of hydrogen-bond acceptors (Lipinski definition) is 4. The fourth-order valence-corrected chi connectivity index (χ4v) is 1.80. The van der Waals surface area contributed by atoms with Crippen LogP contribution in [0.25, 0.3) is 0 Å². The number of nitrogen functional groups attached to an aromatic ring is 1. The molecule has 1 aromatic rings. The molecule has 0 atom stereocenters. The van der Waals surface area contributed by atoms with Gasteiger partial charge in [-0.3, -0.25) is 9.59 Å². The Kier molecular flexibility index (Phi) is 3.89. The minimum absolute atomic E-state index is 0.0490. The van der Waals surface area contributed by atoms with Crippen LogP contribution in [-0.4, -0.2) is 54.9 Å². The van der Waals surface area contributed by atoms with Gasteiger partial charge in [-0.1, -0.05) is 0 Å². The average molecular weight is 263 g/mol. The van der Waals surface area contributed by atoms with E-state index in [1.807, 2.05) is 0 Å². The third-order valence-electron chi connectivity index (χ3n) is 2.99. The zero-order valence-electron chi connectivity index (χ0n) is 10.8. The summed E-state index contributed by atoms with van der Waals surface area (Å²) in [7, 11) is 1.63. The standard InChI is InChI=1S/C13H17N3O3/c1-15-8-13(18)16(9-12(15)17)6-7-19-11-4-2-10(14)3-5-11/h2-5H,6-9,14H2,1H3. The molecule has 6 nitrogen and oxygen atoms in total. The molecule has 0 radical (unpaired) electrons. The van der Waals surface area contributed by atoms with Crippen molar-refractivity contribution in [2.75, 3.05) is 39.0 Å². The van der Waals surface area contributed by atoms with Crippen LogP contribution in [-0.2, 0) is 9.59 Å². The quantitative estimate of drug-likeness (QED) is 0.773. The number of benzene rings is 1. The van der Waals surface area contributed by atoms with Crippen LogP contribution >= 0.6 is 0 Å². The molecule has 0 aromatic heterocycles. The van der Waals surface area contributed by atoms with Crippen LogP contribution < -0.4 is 10.5 Å². The lowest BCUT2D eigenvalue weighted by Crippen LogP contribution is -2.53. The summed E-state index contributed by atoms with van der Waals surface area (Å²) in [6, 6.07) is 7.04. The Hall–Kier alpha value is -2.24. The van der Waals surface area contributed by atoms with Crippen LogP contribution in [0.5, 0.6) is 5.75 Å². The van der Waals surface area contributed by atoms with Gasteiger partial charge in [0.2, 0.25) is 11.8 Å². The third kappa shape index (κ3) is 3.37. The molecule has 0 saturated carbocycles. The molecule has 1 aromatic carbocycles. The van der Waals surface area contributed by atoms with Gasteiger partial charge in [-0.15, -0.1) is 0 Å². The molecule has 0 spiro atoms. The van der Waals surface area contributed by atoms with Gasteiger partial charge in [-0.05, 0) is 24.3 Å². The van der Waals surface area contributed by atoms with Gasteiger partial charge < -0.3 is 20.3 Å². The summed E-state index contributed by atoms with van der Waals surface area (Å²) < 4.78 is 5.50. The predicted molar refractivity (Wildman–Crippen MR) is 70.6 cm³/mol. The van der Waals surface area contributed by atoms with Gasteiger partial charge in [0.25, 0.3) is 0 Å². The SMILES string of the molecule is CN1CC(=O)N(CCOc2ccc(N)cc2)CC1=O. The zero-order chi connectivity index (χ0) is 13.8. The molecule has 1 heterocycles. The van der Waals surface area contributed by atoms with Crippen molar-refractivity contribution in [1.82, 2.24) is 9.80 Å². The Morgan fingerprint density at radius 2 is 1.84 bits per heavy atom. The highest BCUT2D eigenvalue weighted by Gasteiger charge is 2.26. The van der Waals surface area contributed by atoms with Crippen molar-refractivity contribution in [3.63, 3.8) is 0 Å². The molecule has 1 aliphatic heterocycles. The molecule has 19 heavy (non-hydrogen) atoms. The largest absolute Gasteiger partial charge is 0.492 e. The van der Waals surface area contributed by atoms with E-state index >= 15 is 0 Å². The van der Waals surface area contributed by atoms with Gasteiger partial charge in [-0.2, -0.15) is 0 Å². The monoisotopic (exact) mass is 263 g/mol. The molecular weight excluding hydrogens is 246 g/mol. The first-order chi connectivity index (χ1) is 9.06. The highest BCUT2D eigenvalue weighted by molar-refractivity contribution is 5.92. The third-order valence-corrected chi connectivity index (χ3v) is 2.99. The molecule has 0 bridgehead atoms. The lowest BCUT2D eigenvalue weighted by Gasteiger charge is -2.31. The maximum Gasteiger partial charge on any atom is 0.242 e. The number of piperazine rings is 1. The first kappa shape index (κ1) is 13.2. The van der Waals surface area contributed by atoms with E-state index in [9.17, 15) is 9.59 Å². The van der Waals surface area contributed by atoms with Gasteiger partial charge in [-0.25, -0.2) is 0 Å². The van der Waals surface area contributed by atoms with E-state index in [1.165, 1.54) is 9.80 Å². The summed E-state index contributed by atoms with van der Waals surface area (Å²) in [6.07, 6.45) is 0. The molecular formula is C13H17N3O3. The topological polar surface area (TPSA) is 75.9 Å². The van der Waals surface area contributed by atoms with Crippen LogP contribution in [0.15, 0.2) is 24.3 Å². The van der Waals surface area contributed by atoms with Gasteiger partial charge in [0, 0.05) is 12.7 Å². The molecule has 1 aliphatic rings. The Morgan fingerprint density at radius 1 is 1.16 bits per heavy atom. The summed E-state index contributed by atoms with van der Waals surface area (Å²) in [5, 5.41) is 0. The van der Waals surface area contributed by atoms with E-state index in [1.54, 1.807) is 31.3 Å². The number of carbonyl (C=O) groups is 2. The average Bonchev–Trinajstić information content (AvgIpc) is 2.38. The molecule has 2 amide bonds. The lowest BCUT2D eigenvalue weighted by molar-refractivity contribution is -0.149. The number of carbonyl (C=O) groups excluding carboxylic acids is 2. The van der Waals surface area contributed by atoms with Gasteiger partial charge >= 0.3 is 0 Å². The number of rotatable bonds is 4. The Balaban J connectivity index is 1.81. The molecule has 102 valence electrons. The number of nitrogens with zero attached hydrogens (tertiary/aromatic N) is 2. The highest BCUT2D eigenvalue weighted by atomic mass is 16.5. The van der Waals surface area contributed by atoms with Crippen LogP contribution in [0, 0.1) is 0 Å². The van der Waals surface area contributed by atoms with E-state index < -0.39 is 0 Å². The Bertz CT molecular complexity index is 473. The molecule has 0 aliphatic carbocycles. The molecule has 2 N–H and O–H groups in total. The number of amides is 2. The van der Waals surface area contributed by atoms with Crippen molar-refractivity contribution in [1.29, 1.82) is 0 Å². The van der Waals surface area contributed by atoms with Crippen LogP contribution in [0.3, 0.4) is 0 Å². The second kappa shape index (κ2) is 5.60. The van der Waals surface area contributed by atoms with Crippen molar-refractivity contribution in [3.05, 3.63) is 24.3 Å². The first-order valence-corrected chi connectivity index (χ1v) is 6.06. The van der Waals surface area contributed by atoms with Gasteiger partial charge in [0.05, 0.1) is 19.6 Å². The van der Waals surface area contributed by atoms with Crippen molar-refractivity contribution < 1.29 is 14.3 Å². The summed E-state index contributed by atoms with van der Waals surface area (Å²) in [5.74, 6) is 0.595. The molecule has 6 heteroatoms. The second-order valence-electron chi connectivity index (χ2n) is 4.48. The van der Waals surface area contributed by atoms with Crippen molar-refractivity contribution in [2.24, 2.45) is 0 Å². The van der Waals surface area contributed by atoms with E-state index in [4.69, 9.17) is 10.5 Å². The van der Waals surface area contributed by atoms with Crippen LogP contribution in [0.4, 0.5) is 5.69 Å². The number of nitrogens with two attached hydrogens (primary N) is 1. The van der Waals surface area contributed by atoms with E-state index in [0.717, 1.165) is 0 Å². The normalized spacial score (nSPS) is 15.8. The van der Waals surface area contributed by atoms with Crippen molar-refractivity contribution >= 4 is 17.5 Å². The maximum atomic E-state index is 11.7.